The van der Waals surface area contributed by atoms with Gasteiger partial charge in [0.2, 0.25) is 0 Å². The molecule has 1 amide bonds. The van der Waals surface area contributed by atoms with Gasteiger partial charge >= 0.3 is 0 Å². The molecule has 8 heteroatoms. The Morgan fingerprint density at radius 2 is 1.89 bits per heavy atom. The second-order valence-electron chi connectivity index (χ2n) is 6.50. The van der Waals surface area contributed by atoms with E-state index in [1.807, 2.05) is 42.5 Å². The number of aromatic nitrogens is 2. The van der Waals surface area contributed by atoms with Gasteiger partial charge in [-0.3, -0.25) is 9.78 Å². The highest BCUT2D eigenvalue weighted by Crippen LogP contribution is 2.24. The molecular weight excluding hydrogens is 399 g/mol. The van der Waals surface area contributed by atoms with Gasteiger partial charge in [-0.25, -0.2) is 4.98 Å². The molecule has 2 aromatic heterocycles. The summed E-state index contributed by atoms with van der Waals surface area (Å²) in [6.07, 6.45) is 3.00. The number of amides is 1. The van der Waals surface area contributed by atoms with E-state index in [1.54, 1.807) is 12.4 Å². The Labute approximate surface area is 175 Å². The number of hydrogen-bond donors (Lipinski definition) is 3. The van der Waals surface area contributed by atoms with Gasteiger partial charge in [-0.1, -0.05) is 18.2 Å². The van der Waals surface area contributed by atoms with Gasteiger partial charge in [0.25, 0.3) is 5.91 Å². The molecule has 1 aromatic carbocycles. The third-order valence-corrected chi connectivity index (χ3v) is 4.77. The quantitative estimate of drug-likeness (QED) is 0.603. The summed E-state index contributed by atoms with van der Waals surface area (Å²) in [4.78, 5) is 21.6. The summed E-state index contributed by atoms with van der Waals surface area (Å²) in [7, 11) is 0. The standard InChI is InChI=1S/C20H20N4O2.2ClH/c25-19-12-22-10-14(19)11-23-20(26)16-9-18(13-5-7-21-8-6-13)24-17-4-2-1-3-15(16)17;;/h1-9,14,19,22,25H,10-12H2,(H,23,26);2*1H. The van der Waals surface area contributed by atoms with Crippen LogP contribution < -0.4 is 10.6 Å². The second kappa shape index (κ2) is 9.80. The Bertz CT molecular complexity index is 940. The van der Waals surface area contributed by atoms with E-state index in [2.05, 4.69) is 20.6 Å². The SMILES string of the molecule is Cl.Cl.O=C(NCC1CNCC1O)c1cc(-c2ccncc2)nc2ccccc12. The lowest BCUT2D eigenvalue weighted by atomic mass is 10.0. The van der Waals surface area contributed by atoms with Crippen LogP contribution in [0.1, 0.15) is 10.4 Å². The summed E-state index contributed by atoms with van der Waals surface area (Å²) in [6.45, 7) is 1.72. The van der Waals surface area contributed by atoms with E-state index in [9.17, 15) is 9.90 Å². The molecule has 4 rings (SSSR count). The van der Waals surface area contributed by atoms with Crippen molar-refractivity contribution in [1.82, 2.24) is 20.6 Å². The molecule has 0 radical (unpaired) electrons. The first-order chi connectivity index (χ1) is 12.7. The highest BCUT2D eigenvalue weighted by Gasteiger charge is 2.25. The van der Waals surface area contributed by atoms with Gasteiger partial charge in [-0.05, 0) is 24.3 Å². The van der Waals surface area contributed by atoms with Crippen molar-refractivity contribution in [3.05, 3.63) is 60.4 Å². The molecule has 0 spiro atoms. The van der Waals surface area contributed by atoms with E-state index in [4.69, 9.17) is 0 Å². The molecule has 0 bridgehead atoms. The fourth-order valence-corrected chi connectivity index (χ4v) is 3.28. The minimum absolute atomic E-state index is 0. The first-order valence-corrected chi connectivity index (χ1v) is 8.69. The van der Waals surface area contributed by atoms with Crippen LogP contribution in [0.15, 0.2) is 54.9 Å². The van der Waals surface area contributed by atoms with E-state index >= 15 is 0 Å². The molecule has 2 atom stereocenters. The molecule has 28 heavy (non-hydrogen) atoms. The number of β-amino-alcohol motifs (C(OH)–C–C–N with tert-alkyl or cyclic N) is 1. The van der Waals surface area contributed by atoms with Gasteiger partial charge in [-0.2, -0.15) is 0 Å². The minimum atomic E-state index is -0.420. The molecule has 1 fully saturated rings. The third-order valence-electron chi connectivity index (χ3n) is 4.77. The number of carbonyl (C=O) groups excluding carboxylic acids is 1. The van der Waals surface area contributed by atoms with E-state index in [0.717, 1.165) is 22.2 Å². The fourth-order valence-electron chi connectivity index (χ4n) is 3.28. The molecule has 1 aliphatic heterocycles. The topological polar surface area (TPSA) is 87.1 Å². The number of aliphatic hydroxyl groups is 1. The largest absolute Gasteiger partial charge is 0.391 e. The van der Waals surface area contributed by atoms with Crippen LogP contribution in [-0.4, -0.2) is 46.7 Å². The lowest BCUT2D eigenvalue weighted by Gasteiger charge is -2.15. The highest BCUT2D eigenvalue weighted by atomic mass is 35.5. The van der Waals surface area contributed by atoms with Crippen molar-refractivity contribution in [3.8, 4) is 11.3 Å². The van der Waals surface area contributed by atoms with Gasteiger partial charge in [0.15, 0.2) is 0 Å². The van der Waals surface area contributed by atoms with Crippen LogP contribution in [-0.2, 0) is 0 Å². The summed E-state index contributed by atoms with van der Waals surface area (Å²) < 4.78 is 0. The van der Waals surface area contributed by atoms with Crippen molar-refractivity contribution in [2.24, 2.45) is 5.92 Å². The molecule has 0 saturated carbocycles. The molecular formula is C20H22Cl2N4O2. The van der Waals surface area contributed by atoms with Crippen molar-refractivity contribution in [2.45, 2.75) is 6.10 Å². The summed E-state index contributed by atoms with van der Waals surface area (Å²) in [6, 6.07) is 13.2. The lowest BCUT2D eigenvalue weighted by molar-refractivity contribution is 0.0928. The van der Waals surface area contributed by atoms with Gasteiger partial charge in [-0.15, -0.1) is 24.8 Å². The second-order valence-corrected chi connectivity index (χ2v) is 6.50. The van der Waals surface area contributed by atoms with Crippen LogP contribution in [0.4, 0.5) is 0 Å². The predicted molar refractivity (Wildman–Crippen MR) is 114 cm³/mol. The molecule has 3 N–H and O–H groups in total. The van der Waals surface area contributed by atoms with Gasteiger partial charge in [0.1, 0.15) is 0 Å². The zero-order valence-electron chi connectivity index (χ0n) is 15.0. The van der Waals surface area contributed by atoms with Crippen LogP contribution >= 0.6 is 24.8 Å². The van der Waals surface area contributed by atoms with Crippen molar-refractivity contribution < 1.29 is 9.90 Å². The number of nitrogens with zero attached hydrogens (tertiary/aromatic N) is 2. The van der Waals surface area contributed by atoms with Crippen LogP contribution in [0.25, 0.3) is 22.2 Å². The Balaban J connectivity index is 0.00000140. The van der Waals surface area contributed by atoms with Crippen LogP contribution in [0.3, 0.4) is 0 Å². The van der Waals surface area contributed by atoms with Crippen molar-refractivity contribution >= 4 is 41.6 Å². The molecule has 3 aromatic rings. The number of nitrogens with one attached hydrogen (secondary N) is 2. The Morgan fingerprint density at radius 3 is 2.61 bits per heavy atom. The molecule has 0 aliphatic carbocycles. The average Bonchev–Trinajstić information content (AvgIpc) is 3.10. The fraction of sp³-hybridized carbons (Fsp3) is 0.250. The average molecular weight is 421 g/mol. The van der Waals surface area contributed by atoms with Crippen LogP contribution in [0, 0.1) is 5.92 Å². The molecule has 1 aliphatic rings. The maximum atomic E-state index is 12.9. The van der Waals surface area contributed by atoms with E-state index in [0.29, 0.717) is 25.2 Å². The van der Waals surface area contributed by atoms with E-state index in [1.165, 1.54) is 0 Å². The van der Waals surface area contributed by atoms with E-state index in [-0.39, 0.29) is 36.6 Å². The third kappa shape index (κ3) is 4.59. The maximum absolute atomic E-state index is 12.9. The normalized spacial score (nSPS) is 18.2. The number of rotatable bonds is 4. The van der Waals surface area contributed by atoms with Crippen LogP contribution in [0.5, 0.6) is 0 Å². The molecule has 148 valence electrons. The number of pyridine rings is 2. The lowest BCUT2D eigenvalue weighted by Crippen LogP contribution is -2.34. The zero-order valence-corrected chi connectivity index (χ0v) is 16.7. The highest BCUT2D eigenvalue weighted by molar-refractivity contribution is 6.07. The number of hydrogen-bond acceptors (Lipinski definition) is 5. The summed E-state index contributed by atoms with van der Waals surface area (Å²) >= 11 is 0. The summed E-state index contributed by atoms with van der Waals surface area (Å²) in [5.74, 6) is -0.121. The van der Waals surface area contributed by atoms with Crippen molar-refractivity contribution in [2.75, 3.05) is 19.6 Å². The summed E-state index contributed by atoms with van der Waals surface area (Å²) in [5.41, 5.74) is 3.01. The molecule has 3 heterocycles. The molecule has 2 unspecified atom stereocenters. The first kappa shape index (κ1) is 22.0. The molecule has 6 nitrogen and oxygen atoms in total. The minimum Gasteiger partial charge on any atom is -0.391 e. The van der Waals surface area contributed by atoms with Crippen molar-refractivity contribution in [1.29, 1.82) is 0 Å². The summed E-state index contributed by atoms with van der Waals surface area (Å²) in [5, 5.41) is 16.8. The Morgan fingerprint density at radius 1 is 1.14 bits per heavy atom. The maximum Gasteiger partial charge on any atom is 0.252 e. The number of carbonyl (C=O) groups is 1. The first-order valence-electron chi connectivity index (χ1n) is 8.69. The van der Waals surface area contributed by atoms with E-state index < -0.39 is 6.10 Å². The van der Waals surface area contributed by atoms with Crippen molar-refractivity contribution in [3.63, 3.8) is 0 Å². The monoisotopic (exact) mass is 420 g/mol. The van der Waals surface area contributed by atoms with Gasteiger partial charge in [0.05, 0.1) is 22.9 Å². The van der Waals surface area contributed by atoms with Gasteiger partial charge < -0.3 is 15.7 Å². The smallest absolute Gasteiger partial charge is 0.252 e. The predicted octanol–water partition coefficient (Wildman–Crippen LogP) is 2.45. The van der Waals surface area contributed by atoms with Gasteiger partial charge in [0, 0.05) is 48.9 Å². The number of fused-ring (bicyclic) bond motifs is 1. The number of benzene rings is 1. The number of aliphatic hydroxyl groups excluding tert-OH is 1. The Kier molecular flexibility index (Phi) is 7.71. The zero-order chi connectivity index (χ0) is 17.9. The Hall–Kier alpha value is -2.25. The number of para-hydroxylation sites is 1. The number of halogens is 2. The molecule has 1 saturated heterocycles. The van der Waals surface area contributed by atoms with Crippen LogP contribution in [0.2, 0.25) is 0 Å².